The van der Waals surface area contributed by atoms with Gasteiger partial charge in [0.25, 0.3) is 5.91 Å². The third kappa shape index (κ3) is 4.74. The highest BCUT2D eigenvalue weighted by molar-refractivity contribution is 7.98. The Morgan fingerprint density at radius 1 is 1.03 bits per heavy atom. The van der Waals surface area contributed by atoms with Crippen molar-refractivity contribution in [3.05, 3.63) is 89.9 Å². The average molecular weight is 408 g/mol. The van der Waals surface area contributed by atoms with Gasteiger partial charge in [0, 0.05) is 29.3 Å². The van der Waals surface area contributed by atoms with E-state index in [2.05, 4.69) is 12.1 Å². The van der Waals surface area contributed by atoms with E-state index in [1.807, 2.05) is 59.5 Å². The zero-order chi connectivity index (χ0) is 20.1. The van der Waals surface area contributed by atoms with Crippen LogP contribution in [0.2, 0.25) is 0 Å². The lowest BCUT2D eigenvalue weighted by atomic mass is 9.87. The van der Waals surface area contributed by atoms with Gasteiger partial charge in [-0.05, 0) is 42.5 Å². The van der Waals surface area contributed by atoms with E-state index in [0.29, 0.717) is 24.6 Å². The number of hydrogen-bond donors (Lipinski definition) is 1. The van der Waals surface area contributed by atoms with Gasteiger partial charge in [0.2, 0.25) is 0 Å². The molecule has 1 N–H and O–H groups in total. The number of amides is 1. The normalized spacial score (nSPS) is 16.0. The fourth-order valence-electron chi connectivity index (χ4n) is 3.80. The molecule has 1 amide bonds. The van der Waals surface area contributed by atoms with Crippen LogP contribution in [-0.4, -0.2) is 29.0 Å². The molecule has 150 valence electrons. The molecule has 5 heteroatoms. The number of furan rings is 1. The summed E-state index contributed by atoms with van der Waals surface area (Å²) in [5, 5.41) is 10.7. The quantitative estimate of drug-likeness (QED) is 0.574. The molecule has 2 heterocycles. The smallest absolute Gasteiger partial charge is 0.289 e. The van der Waals surface area contributed by atoms with E-state index in [9.17, 15) is 9.90 Å². The van der Waals surface area contributed by atoms with Gasteiger partial charge in [0.15, 0.2) is 5.76 Å². The van der Waals surface area contributed by atoms with Crippen molar-refractivity contribution < 1.29 is 14.3 Å². The fraction of sp³-hybridized carbons (Fsp3) is 0.292. The number of thioether (sulfide) groups is 1. The average Bonchev–Trinajstić information content (AvgIpc) is 3.27. The summed E-state index contributed by atoms with van der Waals surface area (Å²) in [4.78, 5) is 16.0. The second kappa shape index (κ2) is 9.33. The van der Waals surface area contributed by atoms with Crippen LogP contribution in [0.1, 0.15) is 40.6 Å². The summed E-state index contributed by atoms with van der Waals surface area (Å²) in [7, 11) is 0. The van der Waals surface area contributed by atoms with E-state index < -0.39 is 6.10 Å². The van der Waals surface area contributed by atoms with Gasteiger partial charge in [-0.1, -0.05) is 48.5 Å². The molecule has 0 aliphatic carbocycles. The van der Waals surface area contributed by atoms with E-state index in [0.717, 1.165) is 24.0 Å². The van der Waals surface area contributed by atoms with Crippen LogP contribution in [0, 0.1) is 5.92 Å². The van der Waals surface area contributed by atoms with Crippen LogP contribution >= 0.6 is 11.8 Å². The zero-order valence-electron chi connectivity index (χ0n) is 16.2. The Bertz CT molecular complexity index is 918. The van der Waals surface area contributed by atoms with Crippen molar-refractivity contribution in [2.24, 2.45) is 5.92 Å². The monoisotopic (exact) mass is 407 g/mol. The summed E-state index contributed by atoms with van der Waals surface area (Å²) in [6, 6.07) is 21.8. The van der Waals surface area contributed by atoms with Crippen LogP contribution in [0.3, 0.4) is 0 Å². The highest BCUT2D eigenvalue weighted by Gasteiger charge is 2.30. The molecule has 1 aliphatic rings. The number of carbonyl (C=O) groups excluding carboxylic acids is 1. The summed E-state index contributed by atoms with van der Waals surface area (Å²) in [6.07, 6.45) is 2.70. The number of benzene rings is 2. The number of rotatable bonds is 6. The maximum Gasteiger partial charge on any atom is 0.289 e. The lowest BCUT2D eigenvalue weighted by Gasteiger charge is -2.34. The fourth-order valence-corrected chi connectivity index (χ4v) is 4.70. The Balaban J connectivity index is 1.35. The first-order chi connectivity index (χ1) is 14.2. The largest absolute Gasteiger partial charge is 0.459 e. The van der Waals surface area contributed by atoms with Crippen molar-refractivity contribution >= 4 is 17.7 Å². The van der Waals surface area contributed by atoms with E-state index in [1.54, 1.807) is 18.0 Å². The lowest BCUT2D eigenvalue weighted by Crippen LogP contribution is -2.40. The summed E-state index contributed by atoms with van der Waals surface area (Å²) in [6.45, 7) is 1.28. The zero-order valence-corrected chi connectivity index (χ0v) is 17.1. The van der Waals surface area contributed by atoms with E-state index >= 15 is 0 Å². The Kier molecular flexibility index (Phi) is 6.37. The van der Waals surface area contributed by atoms with Gasteiger partial charge < -0.3 is 14.4 Å². The number of hydrogen-bond acceptors (Lipinski definition) is 4. The standard InChI is InChI=1S/C24H25NO3S/c26-22(18-7-3-1-4-8-18)19-11-14-25(15-12-19)24(27)23-20(13-16-28-23)17-29-21-9-5-2-6-10-21/h1-10,13,16,19,22,26H,11-12,14-15,17H2. The topological polar surface area (TPSA) is 53.7 Å². The molecule has 4 rings (SSSR count). The number of likely N-dealkylation sites (tertiary alicyclic amines) is 1. The summed E-state index contributed by atoms with van der Waals surface area (Å²) in [5.74, 6) is 1.26. The molecular formula is C24H25NO3S. The lowest BCUT2D eigenvalue weighted by molar-refractivity contribution is 0.0442. The minimum Gasteiger partial charge on any atom is -0.459 e. The maximum atomic E-state index is 13.0. The molecule has 1 aliphatic heterocycles. The molecule has 0 radical (unpaired) electrons. The molecule has 1 unspecified atom stereocenters. The third-order valence-corrected chi connectivity index (χ3v) is 6.55. The van der Waals surface area contributed by atoms with Crippen LogP contribution in [0.15, 0.2) is 82.3 Å². The van der Waals surface area contributed by atoms with E-state index in [-0.39, 0.29) is 11.8 Å². The number of aliphatic hydroxyl groups excluding tert-OH is 1. The highest BCUT2D eigenvalue weighted by Crippen LogP contribution is 2.32. The van der Waals surface area contributed by atoms with Crippen LogP contribution < -0.4 is 0 Å². The predicted octanol–water partition coefficient (Wildman–Crippen LogP) is 5.16. The van der Waals surface area contributed by atoms with Crippen molar-refractivity contribution in [3.8, 4) is 0 Å². The minimum absolute atomic E-state index is 0.0497. The predicted molar refractivity (Wildman–Crippen MR) is 115 cm³/mol. The number of nitrogens with zero attached hydrogens (tertiary/aromatic N) is 1. The number of aliphatic hydroxyl groups is 1. The van der Waals surface area contributed by atoms with Crippen molar-refractivity contribution in [2.75, 3.05) is 13.1 Å². The van der Waals surface area contributed by atoms with Gasteiger partial charge in [-0.2, -0.15) is 0 Å². The number of carbonyl (C=O) groups is 1. The summed E-state index contributed by atoms with van der Waals surface area (Å²) >= 11 is 1.69. The molecule has 29 heavy (non-hydrogen) atoms. The molecular weight excluding hydrogens is 382 g/mol. The Labute approximate surface area is 175 Å². The van der Waals surface area contributed by atoms with Crippen molar-refractivity contribution in [2.45, 2.75) is 29.6 Å². The van der Waals surface area contributed by atoms with E-state index in [4.69, 9.17) is 4.42 Å². The Morgan fingerprint density at radius 2 is 1.69 bits per heavy atom. The van der Waals surface area contributed by atoms with Gasteiger partial charge in [-0.3, -0.25) is 4.79 Å². The second-order valence-electron chi connectivity index (χ2n) is 7.36. The molecule has 2 aromatic carbocycles. The first-order valence-corrected chi connectivity index (χ1v) is 11.0. The third-order valence-electron chi connectivity index (χ3n) is 5.49. The van der Waals surface area contributed by atoms with Crippen LogP contribution in [-0.2, 0) is 5.75 Å². The molecule has 1 aromatic heterocycles. The first kappa shape index (κ1) is 19.8. The van der Waals surface area contributed by atoms with Gasteiger partial charge >= 0.3 is 0 Å². The summed E-state index contributed by atoms with van der Waals surface area (Å²) < 4.78 is 5.56. The van der Waals surface area contributed by atoms with Crippen molar-refractivity contribution in [1.29, 1.82) is 0 Å². The minimum atomic E-state index is -0.477. The van der Waals surface area contributed by atoms with Gasteiger partial charge in [0.1, 0.15) is 0 Å². The molecule has 1 atom stereocenters. The van der Waals surface area contributed by atoms with Gasteiger partial charge in [-0.15, -0.1) is 11.8 Å². The molecule has 4 nitrogen and oxygen atoms in total. The van der Waals surface area contributed by atoms with Crippen molar-refractivity contribution in [1.82, 2.24) is 4.90 Å². The molecule has 0 saturated carbocycles. The molecule has 0 spiro atoms. The molecule has 0 bridgehead atoms. The Hall–Kier alpha value is -2.50. The first-order valence-electron chi connectivity index (χ1n) is 9.99. The van der Waals surface area contributed by atoms with Crippen molar-refractivity contribution in [3.63, 3.8) is 0 Å². The number of piperidine rings is 1. The summed E-state index contributed by atoms with van der Waals surface area (Å²) in [5.41, 5.74) is 1.87. The molecule has 1 saturated heterocycles. The van der Waals surface area contributed by atoms with Crippen LogP contribution in [0.25, 0.3) is 0 Å². The van der Waals surface area contributed by atoms with E-state index in [1.165, 1.54) is 4.90 Å². The Morgan fingerprint density at radius 3 is 2.38 bits per heavy atom. The molecule has 1 fully saturated rings. The van der Waals surface area contributed by atoms with Crippen LogP contribution in [0.5, 0.6) is 0 Å². The SMILES string of the molecule is O=C(c1occc1CSc1ccccc1)N1CCC(C(O)c2ccccc2)CC1. The highest BCUT2D eigenvalue weighted by atomic mass is 32.2. The maximum absolute atomic E-state index is 13.0. The van der Waals surface area contributed by atoms with Crippen LogP contribution in [0.4, 0.5) is 0 Å². The second-order valence-corrected chi connectivity index (χ2v) is 8.41. The van der Waals surface area contributed by atoms with Gasteiger partial charge in [0.05, 0.1) is 12.4 Å². The van der Waals surface area contributed by atoms with Gasteiger partial charge in [-0.25, -0.2) is 0 Å². The molecule has 3 aromatic rings.